The number of thiophene rings is 1. The monoisotopic (exact) mass is 469 g/mol. The Balaban J connectivity index is 0.000000706. The number of carbonyl (C=O) groups excluding carboxylic acids is 2. The molecule has 2 amide bonds. The number of pyridine rings is 1. The minimum absolute atomic E-state index is 0.00547. The molecule has 10 heteroatoms. The van der Waals surface area contributed by atoms with E-state index >= 15 is 0 Å². The topological polar surface area (TPSA) is 90.8 Å². The zero-order chi connectivity index (χ0) is 20.4. The SMILES string of the molecule is Cc1cscc1C(=O)N1CC2CC1CN2C(=O)c1cc(Br)ncc1F.O=CO. The van der Waals surface area contributed by atoms with Crippen molar-refractivity contribution in [2.75, 3.05) is 13.1 Å². The van der Waals surface area contributed by atoms with Gasteiger partial charge in [-0.05, 0) is 46.3 Å². The molecule has 2 aromatic rings. The van der Waals surface area contributed by atoms with Crippen LogP contribution < -0.4 is 0 Å². The molecule has 2 aliphatic rings. The molecule has 0 aliphatic carbocycles. The van der Waals surface area contributed by atoms with Crippen molar-refractivity contribution < 1.29 is 23.9 Å². The summed E-state index contributed by atoms with van der Waals surface area (Å²) in [5.41, 5.74) is 1.73. The summed E-state index contributed by atoms with van der Waals surface area (Å²) in [4.78, 5) is 41.1. The lowest BCUT2D eigenvalue weighted by Crippen LogP contribution is -2.50. The second-order valence-corrected chi connectivity index (χ2v) is 8.08. The first-order valence-electron chi connectivity index (χ1n) is 8.41. The summed E-state index contributed by atoms with van der Waals surface area (Å²) < 4.78 is 14.4. The van der Waals surface area contributed by atoms with Gasteiger partial charge in [-0.1, -0.05) is 0 Å². The third-order valence-corrected chi connectivity index (χ3v) is 6.20. The van der Waals surface area contributed by atoms with Crippen LogP contribution in [0.4, 0.5) is 4.39 Å². The van der Waals surface area contributed by atoms with Gasteiger partial charge in [0.05, 0.1) is 29.4 Å². The molecule has 2 aliphatic heterocycles. The maximum absolute atomic E-state index is 14.0. The number of carboxylic acid groups (broad SMARTS) is 1. The number of hydrogen-bond donors (Lipinski definition) is 1. The van der Waals surface area contributed by atoms with Crippen LogP contribution in [0.1, 0.15) is 32.7 Å². The maximum atomic E-state index is 14.0. The van der Waals surface area contributed by atoms with Crippen LogP contribution in [0.15, 0.2) is 27.6 Å². The van der Waals surface area contributed by atoms with Crippen molar-refractivity contribution in [2.24, 2.45) is 0 Å². The highest BCUT2D eigenvalue weighted by molar-refractivity contribution is 9.10. The fourth-order valence-electron chi connectivity index (χ4n) is 3.63. The second kappa shape index (κ2) is 8.36. The van der Waals surface area contributed by atoms with Crippen LogP contribution in [0.25, 0.3) is 0 Å². The molecular weight excluding hydrogens is 453 g/mol. The van der Waals surface area contributed by atoms with Crippen LogP contribution in [0.3, 0.4) is 0 Å². The third-order valence-electron chi connectivity index (χ3n) is 4.90. The highest BCUT2D eigenvalue weighted by Gasteiger charge is 2.47. The summed E-state index contributed by atoms with van der Waals surface area (Å²) in [7, 11) is 0. The van der Waals surface area contributed by atoms with Crippen LogP contribution in [0.5, 0.6) is 0 Å². The third kappa shape index (κ3) is 3.79. The first-order valence-corrected chi connectivity index (χ1v) is 10.1. The summed E-state index contributed by atoms with van der Waals surface area (Å²) >= 11 is 4.69. The molecule has 0 saturated carbocycles. The van der Waals surface area contributed by atoms with E-state index in [1.165, 1.54) is 17.4 Å². The van der Waals surface area contributed by atoms with E-state index in [9.17, 15) is 14.0 Å². The van der Waals surface area contributed by atoms with E-state index < -0.39 is 5.82 Å². The molecule has 1 N–H and O–H groups in total. The Labute approximate surface area is 172 Å². The van der Waals surface area contributed by atoms with Crippen molar-refractivity contribution in [1.29, 1.82) is 0 Å². The summed E-state index contributed by atoms with van der Waals surface area (Å²) in [6.07, 6.45) is 1.79. The van der Waals surface area contributed by atoms with Gasteiger partial charge in [-0.2, -0.15) is 11.3 Å². The molecule has 4 heterocycles. The number of aromatic nitrogens is 1. The molecule has 2 aromatic heterocycles. The number of fused-ring (bicyclic) bond motifs is 2. The standard InChI is InChI=1S/C17H15BrFN3O2S.CH2O2/c1-9-7-25-8-13(9)17(24)22-6-10-2-11(22)5-21(10)16(23)12-3-15(18)20-4-14(12)19;2-1-3/h3-4,7-8,10-11H,2,5-6H2,1H3;1H,(H,2,3). The van der Waals surface area contributed by atoms with Gasteiger partial charge >= 0.3 is 0 Å². The van der Waals surface area contributed by atoms with Gasteiger partial charge < -0.3 is 14.9 Å². The summed E-state index contributed by atoms with van der Waals surface area (Å²) in [6, 6.07) is 1.34. The van der Waals surface area contributed by atoms with Crippen molar-refractivity contribution in [3.8, 4) is 0 Å². The van der Waals surface area contributed by atoms with E-state index in [2.05, 4.69) is 20.9 Å². The van der Waals surface area contributed by atoms with Crippen molar-refractivity contribution in [3.05, 3.63) is 50.1 Å². The summed E-state index contributed by atoms with van der Waals surface area (Å²) in [5.74, 6) is -0.944. The Morgan fingerprint density at radius 3 is 2.32 bits per heavy atom. The van der Waals surface area contributed by atoms with Gasteiger partial charge in [0.1, 0.15) is 4.60 Å². The normalized spacial score (nSPS) is 20.0. The lowest BCUT2D eigenvalue weighted by Gasteiger charge is -2.34. The average Bonchev–Trinajstić information content (AvgIpc) is 3.38. The van der Waals surface area contributed by atoms with E-state index in [-0.39, 0.29) is 35.9 Å². The Hall–Kier alpha value is -2.33. The van der Waals surface area contributed by atoms with Gasteiger partial charge in [-0.3, -0.25) is 14.4 Å². The number of rotatable bonds is 2. The molecule has 4 rings (SSSR count). The first-order chi connectivity index (χ1) is 13.4. The molecule has 0 spiro atoms. The quantitative estimate of drug-likeness (QED) is 0.539. The second-order valence-electron chi connectivity index (χ2n) is 6.52. The Bertz CT molecular complexity index is 922. The number of hydrogen-bond acceptors (Lipinski definition) is 5. The number of amides is 2. The van der Waals surface area contributed by atoms with Gasteiger partial charge in [-0.15, -0.1) is 0 Å². The van der Waals surface area contributed by atoms with E-state index in [0.29, 0.717) is 17.7 Å². The number of aryl methyl sites for hydroxylation is 1. The predicted octanol–water partition coefficient (Wildman–Crippen LogP) is 2.79. The van der Waals surface area contributed by atoms with E-state index in [4.69, 9.17) is 9.90 Å². The van der Waals surface area contributed by atoms with Crippen molar-refractivity contribution >= 4 is 45.6 Å². The Morgan fingerprint density at radius 1 is 1.25 bits per heavy atom. The van der Waals surface area contributed by atoms with Gasteiger partial charge in [0.2, 0.25) is 0 Å². The van der Waals surface area contributed by atoms with Crippen LogP contribution >= 0.6 is 27.3 Å². The molecule has 148 valence electrons. The highest BCUT2D eigenvalue weighted by Crippen LogP contribution is 2.34. The zero-order valence-electron chi connectivity index (χ0n) is 14.8. The summed E-state index contributed by atoms with van der Waals surface area (Å²) in [6.45, 7) is 2.62. The predicted molar refractivity (Wildman–Crippen MR) is 104 cm³/mol. The Morgan fingerprint density at radius 2 is 1.82 bits per heavy atom. The van der Waals surface area contributed by atoms with Crippen molar-refractivity contribution in [1.82, 2.24) is 14.8 Å². The minimum Gasteiger partial charge on any atom is -0.483 e. The number of carbonyl (C=O) groups is 3. The average molecular weight is 470 g/mol. The molecule has 2 fully saturated rings. The van der Waals surface area contributed by atoms with Gasteiger partial charge in [-0.25, -0.2) is 9.37 Å². The first kappa shape index (κ1) is 20.4. The molecule has 2 atom stereocenters. The number of likely N-dealkylation sites (tertiary alicyclic amines) is 2. The van der Waals surface area contributed by atoms with Crippen molar-refractivity contribution in [2.45, 2.75) is 25.4 Å². The molecule has 7 nitrogen and oxygen atoms in total. The molecule has 0 aromatic carbocycles. The lowest BCUT2D eigenvalue weighted by molar-refractivity contribution is -0.122. The number of piperazine rings is 1. The van der Waals surface area contributed by atoms with Crippen LogP contribution in [-0.2, 0) is 4.79 Å². The molecule has 2 saturated heterocycles. The minimum atomic E-state index is -0.627. The van der Waals surface area contributed by atoms with Gasteiger partial charge in [0.15, 0.2) is 5.82 Å². The lowest BCUT2D eigenvalue weighted by atomic mass is 10.1. The smallest absolute Gasteiger partial charge is 0.290 e. The molecule has 28 heavy (non-hydrogen) atoms. The number of halogens is 2. The molecule has 2 bridgehead atoms. The van der Waals surface area contributed by atoms with Gasteiger partial charge in [0, 0.05) is 18.5 Å². The fraction of sp³-hybridized carbons (Fsp3) is 0.333. The van der Waals surface area contributed by atoms with Crippen molar-refractivity contribution in [3.63, 3.8) is 0 Å². The molecular formula is C18H17BrFN3O4S. The largest absolute Gasteiger partial charge is 0.483 e. The fourth-order valence-corrected chi connectivity index (χ4v) is 4.78. The molecule has 2 unspecified atom stereocenters. The van der Waals surface area contributed by atoms with Crippen LogP contribution in [0.2, 0.25) is 0 Å². The van der Waals surface area contributed by atoms with E-state index in [0.717, 1.165) is 23.7 Å². The van der Waals surface area contributed by atoms with E-state index in [1.807, 2.05) is 22.6 Å². The van der Waals surface area contributed by atoms with Crippen LogP contribution in [0, 0.1) is 12.7 Å². The zero-order valence-corrected chi connectivity index (χ0v) is 17.2. The maximum Gasteiger partial charge on any atom is 0.290 e. The Kier molecular flexibility index (Phi) is 6.09. The van der Waals surface area contributed by atoms with E-state index in [1.54, 1.807) is 4.90 Å². The van der Waals surface area contributed by atoms with Gasteiger partial charge in [0.25, 0.3) is 18.3 Å². The molecule has 0 radical (unpaired) electrons. The highest BCUT2D eigenvalue weighted by atomic mass is 79.9. The summed E-state index contributed by atoms with van der Waals surface area (Å²) in [5, 5.41) is 10.7. The number of nitrogens with zero attached hydrogens (tertiary/aromatic N) is 3. The van der Waals surface area contributed by atoms with Crippen LogP contribution in [-0.4, -0.2) is 63.4 Å².